The summed E-state index contributed by atoms with van der Waals surface area (Å²) >= 11 is 0. The summed E-state index contributed by atoms with van der Waals surface area (Å²) in [6.45, 7) is 12.2. The van der Waals surface area contributed by atoms with E-state index in [4.69, 9.17) is 0 Å². The Bertz CT molecular complexity index is 327. The molecule has 0 amide bonds. The summed E-state index contributed by atoms with van der Waals surface area (Å²) in [4.78, 5) is 11.5. The molecule has 0 heterocycles. The molecule has 0 aromatic heterocycles. The molecule has 1 aliphatic rings. The number of Topliss-reactive ketones (excluding diaryl/α,β-unsaturated/α-hetero) is 1. The number of hydrogen-bond donors (Lipinski definition) is 0. The van der Waals surface area contributed by atoms with Crippen LogP contribution in [0.25, 0.3) is 0 Å². The Balaban J connectivity index is 3.36. The number of ketones is 1. The smallest absolute Gasteiger partial charge is 0.156 e. The molecule has 0 saturated carbocycles. The largest absolute Gasteiger partial charge is 0.295 e. The van der Waals surface area contributed by atoms with Crippen molar-refractivity contribution in [1.29, 1.82) is 0 Å². The van der Waals surface area contributed by atoms with E-state index < -0.39 is 0 Å². The second-order valence-electron chi connectivity index (χ2n) is 4.43. The van der Waals surface area contributed by atoms with E-state index in [0.717, 1.165) is 5.57 Å². The molecule has 1 heteroatoms. The zero-order valence-corrected chi connectivity index (χ0v) is 9.41. The lowest BCUT2D eigenvalue weighted by Crippen LogP contribution is -2.18. The molecule has 0 aromatic rings. The molecule has 0 unspecified atom stereocenters. The Morgan fingerprint density at radius 3 is 1.69 bits per heavy atom. The van der Waals surface area contributed by atoms with Gasteiger partial charge in [-0.25, -0.2) is 0 Å². The molecule has 0 aromatic carbocycles. The van der Waals surface area contributed by atoms with Crippen LogP contribution in [0.1, 0.15) is 41.5 Å². The van der Waals surface area contributed by atoms with Crippen molar-refractivity contribution in [1.82, 2.24) is 0 Å². The maximum atomic E-state index is 11.5. The fraction of sp³-hybridized carbons (Fsp3) is 0.583. The number of allylic oxidation sites excluding steroid dienone is 4. The molecule has 0 aliphatic heterocycles. The molecule has 13 heavy (non-hydrogen) atoms. The van der Waals surface area contributed by atoms with Gasteiger partial charge < -0.3 is 0 Å². The Morgan fingerprint density at radius 1 is 1.08 bits per heavy atom. The molecule has 0 atom stereocenters. The topological polar surface area (TPSA) is 17.1 Å². The minimum atomic E-state index is -0.0556. The SMILES string of the molecule is CC(=O)C1=C(C)C(C)=C(C)C1(C)C. The predicted octanol–water partition coefficient (Wildman–Crippen LogP) is 3.27. The molecule has 0 fully saturated rings. The van der Waals surface area contributed by atoms with Crippen molar-refractivity contribution in [3.05, 3.63) is 22.3 Å². The van der Waals surface area contributed by atoms with Crippen molar-refractivity contribution in [2.75, 3.05) is 0 Å². The van der Waals surface area contributed by atoms with Crippen LogP contribution in [-0.4, -0.2) is 5.78 Å². The average molecular weight is 178 g/mol. The highest BCUT2D eigenvalue weighted by atomic mass is 16.1. The van der Waals surface area contributed by atoms with Crippen LogP contribution >= 0.6 is 0 Å². The zero-order chi connectivity index (χ0) is 10.4. The van der Waals surface area contributed by atoms with Crippen LogP contribution in [0.2, 0.25) is 0 Å². The highest BCUT2D eigenvalue weighted by molar-refractivity contribution is 5.98. The van der Waals surface area contributed by atoms with Crippen molar-refractivity contribution < 1.29 is 4.79 Å². The number of rotatable bonds is 1. The summed E-state index contributed by atoms with van der Waals surface area (Å²) in [6.07, 6.45) is 0. The van der Waals surface area contributed by atoms with Gasteiger partial charge in [0.2, 0.25) is 0 Å². The van der Waals surface area contributed by atoms with Gasteiger partial charge in [-0.05, 0) is 38.8 Å². The standard InChI is InChI=1S/C12H18O/c1-7-8(2)11(10(4)13)12(5,6)9(7)3/h1-6H3. The lowest BCUT2D eigenvalue weighted by Gasteiger charge is -2.23. The van der Waals surface area contributed by atoms with E-state index in [1.807, 2.05) is 6.92 Å². The van der Waals surface area contributed by atoms with Gasteiger partial charge in [-0.3, -0.25) is 4.79 Å². The van der Waals surface area contributed by atoms with Crippen LogP contribution < -0.4 is 0 Å². The normalized spacial score (nSPS) is 21.4. The molecule has 0 bridgehead atoms. The van der Waals surface area contributed by atoms with Gasteiger partial charge in [-0.1, -0.05) is 19.4 Å². The third-order valence-electron chi connectivity index (χ3n) is 3.41. The fourth-order valence-electron chi connectivity index (χ4n) is 2.30. The Hall–Kier alpha value is -0.850. The molecule has 0 N–H and O–H groups in total. The molecule has 1 rings (SSSR count). The minimum absolute atomic E-state index is 0.0556. The minimum Gasteiger partial charge on any atom is -0.295 e. The first-order valence-corrected chi connectivity index (χ1v) is 4.70. The van der Waals surface area contributed by atoms with Crippen LogP contribution in [0.5, 0.6) is 0 Å². The first-order valence-electron chi connectivity index (χ1n) is 4.70. The monoisotopic (exact) mass is 178 g/mol. The van der Waals surface area contributed by atoms with Gasteiger partial charge in [0.15, 0.2) is 5.78 Å². The van der Waals surface area contributed by atoms with Gasteiger partial charge in [0.25, 0.3) is 0 Å². The number of hydrogen-bond acceptors (Lipinski definition) is 1. The van der Waals surface area contributed by atoms with Crippen molar-refractivity contribution in [3.63, 3.8) is 0 Å². The molecular weight excluding hydrogens is 160 g/mol. The number of carbonyl (C=O) groups excluding carboxylic acids is 1. The van der Waals surface area contributed by atoms with Gasteiger partial charge in [0, 0.05) is 11.0 Å². The molecule has 72 valence electrons. The first-order chi connectivity index (χ1) is 5.80. The van der Waals surface area contributed by atoms with Crippen molar-refractivity contribution in [2.24, 2.45) is 5.41 Å². The van der Waals surface area contributed by atoms with E-state index in [0.29, 0.717) is 0 Å². The number of carbonyl (C=O) groups is 1. The van der Waals surface area contributed by atoms with Gasteiger partial charge in [-0.15, -0.1) is 0 Å². The van der Waals surface area contributed by atoms with E-state index in [1.165, 1.54) is 16.7 Å². The van der Waals surface area contributed by atoms with Crippen molar-refractivity contribution in [3.8, 4) is 0 Å². The highest BCUT2D eigenvalue weighted by Crippen LogP contribution is 2.46. The van der Waals surface area contributed by atoms with Crippen LogP contribution in [0.3, 0.4) is 0 Å². The second kappa shape index (κ2) is 2.83. The maximum absolute atomic E-state index is 11.5. The zero-order valence-electron chi connectivity index (χ0n) is 9.41. The van der Waals surface area contributed by atoms with Crippen LogP contribution in [0.15, 0.2) is 22.3 Å². The molecule has 1 aliphatic carbocycles. The molecule has 0 radical (unpaired) electrons. The predicted molar refractivity (Wildman–Crippen MR) is 55.5 cm³/mol. The summed E-state index contributed by atoms with van der Waals surface area (Å²) in [5.74, 6) is 0.207. The lowest BCUT2D eigenvalue weighted by atomic mass is 9.79. The Kier molecular flexibility index (Phi) is 2.23. The van der Waals surface area contributed by atoms with E-state index in [9.17, 15) is 4.79 Å². The van der Waals surface area contributed by atoms with Gasteiger partial charge in [0.1, 0.15) is 0 Å². The molecule has 0 spiro atoms. The van der Waals surface area contributed by atoms with Crippen LogP contribution in [0, 0.1) is 5.41 Å². The Labute approximate surface area is 80.5 Å². The van der Waals surface area contributed by atoms with Crippen LogP contribution in [0.4, 0.5) is 0 Å². The van der Waals surface area contributed by atoms with Gasteiger partial charge in [0.05, 0.1) is 0 Å². The quantitative estimate of drug-likeness (QED) is 0.602. The summed E-state index contributed by atoms with van der Waals surface area (Å²) < 4.78 is 0. The fourth-order valence-corrected chi connectivity index (χ4v) is 2.30. The molecule has 1 nitrogen and oxygen atoms in total. The van der Waals surface area contributed by atoms with E-state index in [-0.39, 0.29) is 11.2 Å². The lowest BCUT2D eigenvalue weighted by molar-refractivity contribution is -0.114. The summed E-state index contributed by atoms with van der Waals surface area (Å²) in [5, 5.41) is 0. The van der Waals surface area contributed by atoms with E-state index in [1.54, 1.807) is 6.92 Å². The van der Waals surface area contributed by atoms with Gasteiger partial charge in [-0.2, -0.15) is 0 Å². The molecular formula is C12H18O. The van der Waals surface area contributed by atoms with Crippen LogP contribution in [-0.2, 0) is 4.79 Å². The van der Waals surface area contributed by atoms with Crippen molar-refractivity contribution >= 4 is 5.78 Å². The first kappa shape index (κ1) is 10.2. The third-order valence-corrected chi connectivity index (χ3v) is 3.41. The van der Waals surface area contributed by atoms with Gasteiger partial charge >= 0.3 is 0 Å². The maximum Gasteiger partial charge on any atom is 0.156 e. The summed E-state index contributed by atoms with van der Waals surface area (Å²) in [7, 11) is 0. The third kappa shape index (κ3) is 1.27. The second-order valence-corrected chi connectivity index (χ2v) is 4.43. The average Bonchev–Trinajstić information content (AvgIpc) is 2.12. The highest BCUT2D eigenvalue weighted by Gasteiger charge is 2.36. The van der Waals surface area contributed by atoms with Crippen molar-refractivity contribution in [2.45, 2.75) is 41.5 Å². The molecule has 0 saturated heterocycles. The van der Waals surface area contributed by atoms with E-state index >= 15 is 0 Å². The Morgan fingerprint density at radius 2 is 1.54 bits per heavy atom. The van der Waals surface area contributed by atoms with E-state index in [2.05, 4.69) is 27.7 Å². The summed E-state index contributed by atoms with van der Waals surface area (Å²) in [6, 6.07) is 0. The summed E-state index contributed by atoms with van der Waals surface area (Å²) in [5.41, 5.74) is 4.72.